The van der Waals surface area contributed by atoms with Gasteiger partial charge in [-0.3, -0.25) is 4.79 Å². The van der Waals surface area contributed by atoms with Gasteiger partial charge in [-0.2, -0.15) is 4.98 Å². The summed E-state index contributed by atoms with van der Waals surface area (Å²) >= 11 is 0. The summed E-state index contributed by atoms with van der Waals surface area (Å²) in [7, 11) is 3.44. The van der Waals surface area contributed by atoms with Gasteiger partial charge in [-0.1, -0.05) is 60.7 Å². The summed E-state index contributed by atoms with van der Waals surface area (Å²) in [4.78, 5) is 31.3. The molecule has 5 heteroatoms. The van der Waals surface area contributed by atoms with Crippen LogP contribution in [0.4, 0.5) is 6.01 Å². The molecule has 0 saturated heterocycles. The van der Waals surface area contributed by atoms with Crippen molar-refractivity contribution in [1.82, 2.24) is 4.98 Å². The van der Waals surface area contributed by atoms with E-state index in [0.29, 0.717) is 16.8 Å². The van der Waals surface area contributed by atoms with E-state index in [9.17, 15) is 9.59 Å². The average Bonchev–Trinajstić information content (AvgIpc) is 2.62. The Labute approximate surface area is 139 Å². The zero-order valence-electron chi connectivity index (χ0n) is 13.4. The number of benzene rings is 2. The van der Waals surface area contributed by atoms with E-state index in [4.69, 9.17) is 4.42 Å². The highest BCUT2D eigenvalue weighted by Crippen LogP contribution is 2.23. The first-order valence-corrected chi connectivity index (χ1v) is 7.45. The summed E-state index contributed by atoms with van der Waals surface area (Å²) in [5.41, 5.74) is 0.679. The van der Waals surface area contributed by atoms with Gasteiger partial charge in [-0.15, -0.1) is 0 Å². The van der Waals surface area contributed by atoms with Crippen molar-refractivity contribution in [2.24, 2.45) is 0 Å². The van der Waals surface area contributed by atoms with Gasteiger partial charge in [-0.05, 0) is 0 Å². The molecule has 3 aromatic rings. The second kappa shape index (κ2) is 6.50. The van der Waals surface area contributed by atoms with E-state index in [1.165, 1.54) is 0 Å². The summed E-state index contributed by atoms with van der Waals surface area (Å²) in [5.74, 6) is -0.402. The molecule has 0 aliphatic heterocycles. The molecular formula is C19H16N2O3. The number of carbonyl (C=O) groups excluding carboxylic acids is 1. The van der Waals surface area contributed by atoms with E-state index in [-0.39, 0.29) is 11.6 Å². The standard InChI is InChI=1S/C19H16N2O3/c1-21(2)19-20-16(13-9-5-3-6-10-13)15(18(23)24-19)17(22)14-11-7-4-8-12-14/h3-12H,1-2H3. The third kappa shape index (κ3) is 2.96. The Morgan fingerprint density at radius 2 is 1.54 bits per heavy atom. The van der Waals surface area contributed by atoms with Gasteiger partial charge >= 0.3 is 5.63 Å². The molecule has 2 aromatic carbocycles. The van der Waals surface area contributed by atoms with Gasteiger partial charge in [-0.25, -0.2) is 4.79 Å². The number of hydrogen-bond donors (Lipinski definition) is 0. The van der Waals surface area contributed by atoms with Crippen molar-refractivity contribution in [3.8, 4) is 11.3 Å². The van der Waals surface area contributed by atoms with E-state index in [1.807, 2.05) is 36.4 Å². The van der Waals surface area contributed by atoms with Crippen LogP contribution in [-0.2, 0) is 0 Å². The zero-order valence-corrected chi connectivity index (χ0v) is 13.4. The number of anilines is 1. The van der Waals surface area contributed by atoms with E-state index >= 15 is 0 Å². The minimum Gasteiger partial charge on any atom is -0.388 e. The molecular weight excluding hydrogens is 304 g/mol. The number of rotatable bonds is 4. The van der Waals surface area contributed by atoms with Crippen LogP contribution in [0.1, 0.15) is 15.9 Å². The van der Waals surface area contributed by atoms with Crippen LogP contribution in [-0.4, -0.2) is 24.9 Å². The van der Waals surface area contributed by atoms with Crippen LogP contribution in [0.5, 0.6) is 0 Å². The molecule has 0 unspecified atom stereocenters. The topological polar surface area (TPSA) is 63.4 Å². The van der Waals surface area contributed by atoms with Crippen LogP contribution in [0.15, 0.2) is 69.9 Å². The predicted octanol–water partition coefficient (Wildman–Crippen LogP) is 3.00. The number of carbonyl (C=O) groups is 1. The highest BCUT2D eigenvalue weighted by molar-refractivity contribution is 6.12. The maximum Gasteiger partial charge on any atom is 0.352 e. The van der Waals surface area contributed by atoms with Crippen molar-refractivity contribution in [1.29, 1.82) is 0 Å². The molecule has 3 rings (SSSR count). The fourth-order valence-electron chi connectivity index (χ4n) is 2.34. The van der Waals surface area contributed by atoms with Gasteiger partial charge in [0, 0.05) is 25.2 Å². The number of nitrogens with zero attached hydrogens (tertiary/aromatic N) is 2. The van der Waals surface area contributed by atoms with Crippen LogP contribution in [0.25, 0.3) is 11.3 Å². The van der Waals surface area contributed by atoms with Crippen molar-refractivity contribution in [3.05, 3.63) is 82.2 Å². The maximum atomic E-state index is 12.8. The first-order valence-electron chi connectivity index (χ1n) is 7.45. The largest absolute Gasteiger partial charge is 0.388 e. The minimum atomic E-state index is -0.693. The van der Waals surface area contributed by atoms with Gasteiger partial charge in [0.2, 0.25) is 5.78 Å². The first-order chi connectivity index (χ1) is 11.6. The average molecular weight is 320 g/mol. The highest BCUT2D eigenvalue weighted by Gasteiger charge is 2.23. The monoisotopic (exact) mass is 320 g/mol. The molecule has 0 N–H and O–H groups in total. The van der Waals surface area contributed by atoms with Crippen LogP contribution < -0.4 is 10.5 Å². The molecule has 120 valence electrons. The normalized spacial score (nSPS) is 10.4. The molecule has 0 saturated carbocycles. The Kier molecular flexibility index (Phi) is 4.24. The third-order valence-electron chi connectivity index (χ3n) is 3.53. The molecule has 24 heavy (non-hydrogen) atoms. The molecule has 5 nitrogen and oxygen atoms in total. The molecule has 0 aliphatic rings. The Morgan fingerprint density at radius 1 is 0.958 bits per heavy atom. The maximum absolute atomic E-state index is 12.8. The zero-order chi connectivity index (χ0) is 17.1. The quantitative estimate of drug-likeness (QED) is 0.692. The molecule has 1 heterocycles. The van der Waals surface area contributed by atoms with E-state index < -0.39 is 11.4 Å². The van der Waals surface area contributed by atoms with Gasteiger partial charge in [0.05, 0.1) is 5.69 Å². The van der Waals surface area contributed by atoms with Gasteiger partial charge < -0.3 is 9.32 Å². The lowest BCUT2D eigenvalue weighted by atomic mass is 9.99. The smallest absolute Gasteiger partial charge is 0.352 e. The second-order valence-electron chi connectivity index (χ2n) is 5.46. The first kappa shape index (κ1) is 15.7. The molecule has 0 atom stereocenters. The predicted molar refractivity (Wildman–Crippen MR) is 92.4 cm³/mol. The molecule has 0 bridgehead atoms. The Morgan fingerprint density at radius 3 is 2.12 bits per heavy atom. The van der Waals surface area contributed by atoms with E-state index in [1.54, 1.807) is 43.3 Å². The molecule has 1 aromatic heterocycles. The molecule has 0 radical (unpaired) electrons. The van der Waals surface area contributed by atoms with Gasteiger partial charge in [0.25, 0.3) is 6.01 Å². The van der Waals surface area contributed by atoms with Crippen LogP contribution >= 0.6 is 0 Å². The van der Waals surface area contributed by atoms with Crippen LogP contribution in [0, 0.1) is 0 Å². The van der Waals surface area contributed by atoms with Crippen molar-refractivity contribution in [3.63, 3.8) is 0 Å². The van der Waals surface area contributed by atoms with Crippen molar-refractivity contribution < 1.29 is 9.21 Å². The number of aromatic nitrogens is 1. The van der Waals surface area contributed by atoms with Gasteiger partial charge in [0.1, 0.15) is 5.56 Å². The fraction of sp³-hybridized carbons (Fsp3) is 0.105. The van der Waals surface area contributed by atoms with E-state index in [0.717, 1.165) is 0 Å². The van der Waals surface area contributed by atoms with Crippen molar-refractivity contribution >= 4 is 11.8 Å². The highest BCUT2D eigenvalue weighted by atomic mass is 16.4. The van der Waals surface area contributed by atoms with Crippen molar-refractivity contribution in [2.75, 3.05) is 19.0 Å². The summed E-state index contributed by atoms with van der Waals surface area (Å²) in [5, 5.41) is 0. The number of hydrogen-bond acceptors (Lipinski definition) is 5. The molecule has 0 fully saturated rings. The Hall–Kier alpha value is -3.21. The van der Waals surface area contributed by atoms with E-state index in [2.05, 4.69) is 4.98 Å². The SMILES string of the molecule is CN(C)c1nc(-c2ccccc2)c(C(=O)c2ccccc2)c(=O)o1. The fourth-order valence-corrected chi connectivity index (χ4v) is 2.34. The summed E-state index contributed by atoms with van der Waals surface area (Å²) in [6, 6.07) is 17.9. The van der Waals surface area contributed by atoms with Gasteiger partial charge in [0.15, 0.2) is 0 Å². The molecule has 0 spiro atoms. The number of ketones is 1. The van der Waals surface area contributed by atoms with Crippen LogP contribution in [0.2, 0.25) is 0 Å². The third-order valence-corrected chi connectivity index (χ3v) is 3.53. The van der Waals surface area contributed by atoms with Crippen LogP contribution in [0.3, 0.4) is 0 Å². The summed E-state index contributed by atoms with van der Waals surface area (Å²) in [6.45, 7) is 0. The molecule has 0 aliphatic carbocycles. The molecule has 0 amide bonds. The Balaban J connectivity index is 2.25. The lowest BCUT2D eigenvalue weighted by Gasteiger charge is -2.13. The Bertz CT molecular complexity index is 916. The second-order valence-corrected chi connectivity index (χ2v) is 5.46. The lowest BCUT2D eigenvalue weighted by Crippen LogP contribution is -2.22. The minimum absolute atomic E-state index is 0.0574. The van der Waals surface area contributed by atoms with Crippen molar-refractivity contribution in [2.45, 2.75) is 0 Å². The summed E-state index contributed by atoms with van der Waals surface area (Å²) < 4.78 is 5.21. The lowest BCUT2D eigenvalue weighted by molar-refractivity contribution is 0.103. The summed E-state index contributed by atoms with van der Waals surface area (Å²) in [6.07, 6.45) is 0.